The van der Waals surface area contributed by atoms with Crippen molar-refractivity contribution in [3.63, 3.8) is 0 Å². The van der Waals surface area contributed by atoms with Crippen LogP contribution in [-0.4, -0.2) is 23.0 Å². The third kappa shape index (κ3) is 2.55. The maximum Gasteiger partial charge on any atom is 0.107 e. The second kappa shape index (κ2) is 4.89. The fourth-order valence-corrected chi connectivity index (χ4v) is 2.73. The van der Waals surface area contributed by atoms with Crippen LogP contribution in [0.2, 0.25) is 0 Å². The summed E-state index contributed by atoms with van der Waals surface area (Å²) < 4.78 is 0. The van der Waals surface area contributed by atoms with Gasteiger partial charge in [0.1, 0.15) is 5.01 Å². The number of thiazole rings is 1. The van der Waals surface area contributed by atoms with Gasteiger partial charge in [0.15, 0.2) is 0 Å². The van der Waals surface area contributed by atoms with Gasteiger partial charge in [-0.3, -0.25) is 4.90 Å². The summed E-state index contributed by atoms with van der Waals surface area (Å²) in [7, 11) is 0. The number of aromatic nitrogens is 1. The first-order chi connectivity index (χ1) is 6.88. The van der Waals surface area contributed by atoms with E-state index in [0.717, 1.165) is 12.5 Å². The summed E-state index contributed by atoms with van der Waals surface area (Å²) in [6.45, 7) is 5.89. The largest absolute Gasteiger partial charge is 0.297 e. The molecule has 2 heterocycles. The van der Waals surface area contributed by atoms with Crippen LogP contribution in [0.25, 0.3) is 0 Å². The Bertz CT molecular complexity index is 250. The average Bonchev–Trinajstić information content (AvgIpc) is 2.72. The summed E-state index contributed by atoms with van der Waals surface area (Å²) in [5.41, 5.74) is 0. The van der Waals surface area contributed by atoms with E-state index < -0.39 is 0 Å². The number of hydrogen-bond acceptors (Lipinski definition) is 3. The molecule has 1 fully saturated rings. The van der Waals surface area contributed by atoms with Crippen LogP contribution in [0.5, 0.6) is 0 Å². The summed E-state index contributed by atoms with van der Waals surface area (Å²) >= 11 is 1.77. The summed E-state index contributed by atoms with van der Waals surface area (Å²) in [4.78, 5) is 6.86. The Balaban J connectivity index is 1.79. The van der Waals surface area contributed by atoms with Crippen LogP contribution < -0.4 is 0 Å². The van der Waals surface area contributed by atoms with E-state index in [1.807, 2.05) is 6.20 Å². The van der Waals surface area contributed by atoms with Gasteiger partial charge in [-0.25, -0.2) is 4.98 Å². The second-order valence-corrected chi connectivity index (χ2v) is 5.03. The maximum atomic E-state index is 4.33. The molecule has 1 aromatic heterocycles. The van der Waals surface area contributed by atoms with Gasteiger partial charge in [0, 0.05) is 11.6 Å². The zero-order valence-electron chi connectivity index (χ0n) is 8.78. The van der Waals surface area contributed by atoms with E-state index >= 15 is 0 Å². The van der Waals surface area contributed by atoms with Gasteiger partial charge in [0.2, 0.25) is 0 Å². The Morgan fingerprint density at radius 2 is 2.29 bits per heavy atom. The van der Waals surface area contributed by atoms with Crippen molar-refractivity contribution in [3.05, 3.63) is 16.6 Å². The van der Waals surface area contributed by atoms with Crippen LogP contribution in [-0.2, 0) is 6.54 Å². The Hall–Kier alpha value is -0.410. The van der Waals surface area contributed by atoms with Crippen LogP contribution in [0, 0.1) is 5.92 Å². The van der Waals surface area contributed by atoms with Crippen molar-refractivity contribution >= 4 is 11.3 Å². The zero-order chi connectivity index (χ0) is 9.80. The lowest BCUT2D eigenvalue weighted by Crippen LogP contribution is -2.32. The van der Waals surface area contributed by atoms with E-state index in [1.54, 1.807) is 11.3 Å². The van der Waals surface area contributed by atoms with Crippen LogP contribution in [0.3, 0.4) is 0 Å². The standard InChI is InChI=1S/C11H18N2S/c1-2-10-3-6-13(7-4-10)9-11-12-5-8-14-11/h5,8,10H,2-4,6-7,9H2,1H3. The maximum absolute atomic E-state index is 4.33. The van der Waals surface area contributed by atoms with Crippen molar-refractivity contribution in [2.45, 2.75) is 32.7 Å². The van der Waals surface area contributed by atoms with Crippen molar-refractivity contribution in [2.75, 3.05) is 13.1 Å². The summed E-state index contributed by atoms with van der Waals surface area (Å²) in [6, 6.07) is 0. The first kappa shape index (κ1) is 10.1. The molecule has 0 bridgehead atoms. The third-order valence-corrected chi connectivity index (χ3v) is 3.89. The van der Waals surface area contributed by atoms with E-state index in [4.69, 9.17) is 0 Å². The predicted molar refractivity (Wildman–Crippen MR) is 60.4 cm³/mol. The molecule has 2 nitrogen and oxygen atoms in total. The van der Waals surface area contributed by atoms with Crippen molar-refractivity contribution in [3.8, 4) is 0 Å². The highest BCUT2D eigenvalue weighted by atomic mass is 32.1. The molecule has 78 valence electrons. The molecule has 0 aliphatic carbocycles. The summed E-state index contributed by atoms with van der Waals surface area (Å²) in [5, 5.41) is 3.33. The molecule has 1 saturated heterocycles. The van der Waals surface area contributed by atoms with Gasteiger partial charge in [-0.1, -0.05) is 13.3 Å². The third-order valence-electron chi connectivity index (χ3n) is 3.13. The Labute approximate surface area is 90.0 Å². The Kier molecular flexibility index (Phi) is 3.54. The molecule has 0 saturated carbocycles. The zero-order valence-corrected chi connectivity index (χ0v) is 9.59. The summed E-state index contributed by atoms with van der Waals surface area (Å²) in [5.74, 6) is 0.975. The van der Waals surface area contributed by atoms with Gasteiger partial charge < -0.3 is 0 Å². The Morgan fingerprint density at radius 1 is 1.50 bits per heavy atom. The topological polar surface area (TPSA) is 16.1 Å². The molecular weight excluding hydrogens is 192 g/mol. The lowest BCUT2D eigenvalue weighted by Gasteiger charge is -2.30. The molecule has 0 amide bonds. The molecular formula is C11H18N2S. The number of rotatable bonds is 3. The quantitative estimate of drug-likeness (QED) is 0.762. The number of hydrogen-bond donors (Lipinski definition) is 0. The number of likely N-dealkylation sites (tertiary alicyclic amines) is 1. The highest BCUT2D eigenvalue weighted by Crippen LogP contribution is 2.21. The van der Waals surface area contributed by atoms with Gasteiger partial charge in [0.05, 0.1) is 6.54 Å². The molecule has 1 aromatic rings. The molecule has 0 unspecified atom stereocenters. The van der Waals surface area contributed by atoms with Crippen LogP contribution >= 0.6 is 11.3 Å². The molecule has 0 aromatic carbocycles. The first-order valence-electron chi connectivity index (χ1n) is 5.49. The van der Waals surface area contributed by atoms with Crippen LogP contribution in [0.4, 0.5) is 0 Å². The smallest absolute Gasteiger partial charge is 0.107 e. The molecule has 1 aliphatic heterocycles. The van der Waals surface area contributed by atoms with Gasteiger partial charge >= 0.3 is 0 Å². The van der Waals surface area contributed by atoms with E-state index in [2.05, 4.69) is 22.2 Å². The molecule has 2 rings (SSSR count). The van der Waals surface area contributed by atoms with Crippen molar-refractivity contribution in [1.29, 1.82) is 0 Å². The van der Waals surface area contributed by atoms with Crippen molar-refractivity contribution < 1.29 is 0 Å². The second-order valence-electron chi connectivity index (χ2n) is 4.05. The monoisotopic (exact) mass is 210 g/mol. The fraction of sp³-hybridized carbons (Fsp3) is 0.727. The molecule has 3 heteroatoms. The fourth-order valence-electron chi connectivity index (χ4n) is 2.08. The van der Waals surface area contributed by atoms with E-state index in [1.165, 1.54) is 37.4 Å². The first-order valence-corrected chi connectivity index (χ1v) is 6.37. The lowest BCUT2D eigenvalue weighted by atomic mass is 9.94. The Morgan fingerprint density at radius 3 is 2.86 bits per heavy atom. The van der Waals surface area contributed by atoms with Crippen LogP contribution in [0.15, 0.2) is 11.6 Å². The average molecular weight is 210 g/mol. The molecule has 0 radical (unpaired) electrons. The minimum Gasteiger partial charge on any atom is -0.297 e. The van der Waals surface area contributed by atoms with Crippen LogP contribution in [0.1, 0.15) is 31.2 Å². The van der Waals surface area contributed by atoms with E-state index in [9.17, 15) is 0 Å². The predicted octanol–water partition coefficient (Wildman–Crippen LogP) is 2.77. The van der Waals surface area contributed by atoms with Crippen molar-refractivity contribution in [2.24, 2.45) is 5.92 Å². The molecule has 0 atom stereocenters. The van der Waals surface area contributed by atoms with Crippen molar-refractivity contribution in [1.82, 2.24) is 9.88 Å². The van der Waals surface area contributed by atoms with Gasteiger partial charge in [-0.15, -0.1) is 11.3 Å². The SMILES string of the molecule is CCC1CCN(Cc2nccs2)CC1. The minimum absolute atomic E-state index is 0.975. The van der Waals surface area contributed by atoms with E-state index in [0.29, 0.717) is 0 Å². The minimum atomic E-state index is 0.975. The normalized spacial score (nSPS) is 20.1. The highest BCUT2D eigenvalue weighted by molar-refractivity contribution is 7.09. The highest BCUT2D eigenvalue weighted by Gasteiger charge is 2.17. The number of piperidine rings is 1. The lowest BCUT2D eigenvalue weighted by molar-refractivity contribution is 0.175. The molecule has 1 aliphatic rings. The number of nitrogens with zero attached hydrogens (tertiary/aromatic N) is 2. The molecule has 0 spiro atoms. The van der Waals surface area contributed by atoms with Gasteiger partial charge in [0.25, 0.3) is 0 Å². The molecule has 14 heavy (non-hydrogen) atoms. The van der Waals surface area contributed by atoms with Gasteiger partial charge in [-0.05, 0) is 31.8 Å². The molecule has 0 N–H and O–H groups in total. The summed E-state index contributed by atoms with van der Waals surface area (Å²) in [6.07, 6.45) is 6.01. The van der Waals surface area contributed by atoms with E-state index in [-0.39, 0.29) is 0 Å². The van der Waals surface area contributed by atoms with Gasteiger partial charge in [-0.2, -0.15) is 0 Å².